The van der Waals surface area contributed by atoms with Crippen LogP contribution in [0.3, 0.4) is 0 Å². The van der Waals surface area contributed by atoms with E-state index in [2.05, 4.69) is 10.4 Å². The van der Waals surface area contributed by atoms with Crippen LogP contribution < -0.4 is 10.1 Å². The molecule has 0 radical (unpaired) electrons. The summed E-state index contributed by atoms with van der Waals surface area (Å²) in [5.74, 6) is -0.203. The zero-order chi connectivity index (χ0) is 20.6. The molecular formula is C22H20N4O3. The van der Waals surface area contributed by atoms with Crippen LogP contribution in [0.15, 0.2) is 66.5 Å². The van der Waals surface area contributed by atoms with Crippen molar-refractivity contribution in [3.05, 3.63) is 77.6 Å². The number of amides is 1. The molecule has 0 saturated carbocycles. The van der Waals surface area contributed by atoms with Gasteiger partial charge in [0.05, 0.1) is 19.0 Å². The maximum Gasteiger partial charge on any atom is 0.261 e. The number of phenolic OH excluding ortho intramolecular Hbond substituents is 1. The van der Waals surface area contributed by atoms with Crippen LogP contribution in [0.25, 0.3) is 11.8 Å². The van der Waals surface area contributed by atoms with Gasteiger partial charge in [-0.25, -0.2) is 4.68 Å². The van der Waals surface area contributed by atoms with Crippen molar-refractivity contribution in [1.29, 1.82) is 5.26 Å². The number of nitrogens with one attached hydrogen (secondary N) is 1. The maximum absolute atomic E-state index is 12.3. The van der Waals surface area contributed by atoms with E-state index in [-0.39, 0.29) is 17.1 Å². The molecule has 7 nitrogen and oxygen atoms in total. The summed E-state index contributed by atoms with van der Waals surface area (Å²) in [4.78, 5) is 12.3. The largest absolute Gasteiger partial charge is 0.504 e. The number of hydrogen-bond acceptors (Lipinski definition) is 5. The highest BCUT2D eigenvalue weighted by Gasteiger charge is 2.10. The van der Waals surface area contributed by atoms with Crippen LogP contribution in [0.5, 0.6) is 11.5 Å². The van der Waals surface area contributed by atoms with Crippen LogP contribution in [-0.2, 0) is 11.2 Å². The first kappa shape index (κ1) is 19.7. The molecule has 0 unspecified atom stereocenters. The summed E-state index contributed by atoms with van der Waals surface area (Å²) in [5.41, 5.74) is 2.48. The number of nitrogens with zero attached hydrogens (tertiary/aromatic N) is 3. The number of benzene rings is 2. The van der Waals surface area contributed by atoms with Gasteiger partial charge >= 0.3 is 0 Å². The van der Waals surface area contributed by atoms with Gasteiger partial charge in [-0.2, -0.15) is 10.4 Å². The number of aromatic hydroxyl groups is 1. The summed E-state index contributed by atoms with van der Waals surface area (Å²) in [6, 6.07) is 16.2. The Morgan fingerprint density at radius 1 is 1.31 bits per heavy atom. The molecule has 7 heteroatoms. The van der Waals surface area contributed by atoms with E-state index in [0.717, 1.165) is 11.3 Å². The second kappa shape index (κ2) is 9.24. The summed E-state index contributed by atoms with van der Waals surface area (Å²) in [6.45, 7) is 0.372. The van der Waals surface area contributed by atoms with Gasteiger partial charge in [0, 0.05) is 12.7 Å². The smallest absolute Gasteiger partial charge is 0.261 e. The second-order valence-corrected chi connectivity index (χ2v) is 6.24. The lowest BCUT2D eigenvalue weighted by Gasteiger charge is -2.05. The van der Waals surface area contributed by atoms with Gasteiger partial charge in [-0.05, 0) is 47.9 Å². The van der Waals surface area contributed by atoms with Crippen LogP contribution in [0.4, 0.5) is 0 Å². The topological polar surface area (TPSA) is 100 Å². The number of hydrogen-bond donors (Lipinski definition) is 2. The molecule has 1 aromatic heterocycles. The van der Waals surface area contributed by atoms with E-state index in [9.17, 15) is 15.2 Å². The normalized spacial score (nSPS) is 11.0. The molecule has 0 spiro atoms. The van der Waals surface area contributed by atoms with Crippen molar-refractivity contribution in [1.82, 2.24) is 15.1 Å². The molecule has 3 aromatic rings. The summed E-state index contributed by atoms with van der Waals surface area (Å²) in [5, 5.41) is 26.0. The van der Waals surface area contributed by atoms with Crippen molar-refractivity contribution in [2.75, 3.05) is 13.7 Å². The lowest BCUT2D eigenvalue weighted by molar-refractivity contribution is -0.117. The quantitative estimate of drug-likeness (QED) is 0.479. The number of aromatic nitrogens is 2. The highest BCUT2D eigenvalue weighted by Crippen LogP contribution is 2.27. The van der Waals surface area contributed by atoms with E-state index in [1.165, 1.54) is 19.3 Å². The molecular weight excluding hydrogens is 368 g/mol. The minimum Gasteiger partial charge on any atom is -0.504 e. The Bertz CT molecular complexity index is 1070. The van der Waals surface area contributed by atoms with Crippen LogP contribution in [0.1, 0.15) is 11.1 Å². The zero-order valence-electron chi connectivity index (χ0n) is 15.9. The molecule has 0 aliphatic carbocycles. The van der Waals surface area contributed by atoms with Crippen LogP contribution in [-0.4, -0.2) is 34.4 Å². The lowest BCUT2D eigenvalue weighted by Crippen LogP contribution is -2.26. The van der Waals surface area contributed by atoms with E-state index in [1.807, 2.05) is 42.6 Å². The van der Waals surface area contributed by atoms with E-state index < -0.39 is 5.91 Å². The van der Waals surface area contributed by atoms with Crippen molar-refractivity contribution in [2.45, 2.75) is 6.42 Å². The molecule has 0 saturated heterocycles. The van der Waals surface area contributed by atoms with Gasteiger partial charge in [0.25, 0.3) is 5.91 Å². The summed E-state index contributed by atoms with van der Waals surface area (Å²) >= 11 is 0. The Kier molecular flexibility index (Phi) is 6.28. The van der Waals surface area contributed by atoms with Crippen molar-refractivity contribution in [2.24, 2.45) is 0 Å². The Balaban J connectivity index is 1.60. The number of carbonyl (C=O) groups is 1. The van der Waals surface area contributed by atoms with E-state index in [0.29, 0.717) is 18.5 Å². The fourth-order valence-corrected chi connectivity index (χ4v) is 2.73. The lowest BCUT2D eigenvalue weighted by atomic mass is 10.1. The Labute approximate surface area is 168 Å². The number of methoxy groups -OCH3 is 1. The molecule has 29 heavy (non-hydrogen) atoms. The number of nitriles is 1. The van der Waals surface area contributed by atoms with Crippen molar-refractivity contribution >= 4 is 12.0 Å². The van der Waals surface area contributed by atoms with Crippen LogP contribution >= 0.6 is 0 Å². The number of phenols is 1. The highest BCUT2D eigenvalue weighted by atomic mass is 16.5. The number of para-hydroxylation sites is 1. The van der Waals surface area contributed by atoms with Crippen molar-refractivity contribution in [3.63, 3.8) is 0 Å². The third-order valence-electron chi connectivity index (χ3n) is 4.24. The molecule has 0 aliphatic heterocycles. The minimum atomic E-state index is -0.463. The van der Waals surface area contributed by atoms with Gasteiger partial charge < -0.3 is 15.2 Å². The molecule has 0 fully saturated rings. The van der Waals surface area contributed by atoms with E-state index in [4.69, 9.17) is 4.74 Å². The van der Waals surface area contributed by atoms with E-state index in [1.54, 1.807) is 23.0 Å². The van der Waals surface area contributed by atoms with Gasteiger partial charge in [-0.3, -0.25) is 4.79 Å². The zero-order valence-corrected chi connectivity index (χ0v) is 15.9. The molecule has 146 valence electrons. The molecule has 1 heterocycles. The number of rotatable bonds is 7. The molecule has 2 N–H and O–H groups in total. The minimum absolute atomic E-state index is 0.0105. The average molecular weight is 388 g/mol. The first-order chi connectivity index (χ1) is 14.1. The predicted molar refractivity (Wildman–Crippen MR) is 109 cm³/mol. The molecule has 0 aliphatic rings. The Morgan fingerprint density at radius 2 is 2.10 bits per heavy atom. The Morgan fingerprint density at radius 3 is 2.83 bits per heavy atom. The van der Waals surface area contributed by atoms with Crippen molar-refractivity contribution in [3.8, 4) is 23.3 Å². The maximum atomic E-state index is 12.3. The Hall–Kier alpha value is -4.05. The summed E-state index contributed by atoms with van der Waals surface area (Å²) < 4.78 is 6.81. The second-order valence-electron chi connectivity index (χ2n) is 6.24. The fraction of sp³-hybridized carbons (Fsp3) is 0.136. The SMILES string of the molecule is COc1cc(C=C(C#N)C(=O)NCCc2cnn(-c3ccccc3)c2)ccc1O. The fourth-order valence-electron chi connectivity index (χ4n) is 2.73. The molecule has 0 bridgehead atoms. The van der Waals surface area contributed by atoms with Gasteiger partial charge in [0.1, 0.15) is 11.6 Å². The third-order valence-corrected chi connectivity index (χ3v) is 4.24. The third kappa shape index (κ3) is 5.02. The number of carbonyl (C=O) groups excluding carboxylic acids is 1. The van der Waals surface area contributed by atoms with Crippen LogP contribution in [0.2, 0.25) is 0 Å². The summed E-state index contributed by atoms with van der Waals surface area (Å²) in [7, 11) is 1.43. The van der Waals surface area contributed by atoms with Crippen LogP contribution in [0, 0.1) is 11.3 Å². The molecule has 2 aromatic carbocycles. The standard InChI is InChI=1S/C22H20N4O3/c1-29-21-12-16(7-8-20(21)27)11-18(13-23)22(28)24-10-9-17-14-25-26(15-17)19-5-3-2-4-6-19/h2-8,11-12,14-15,27H,9-10H2,1H3,(H,24,28). The first-order valence-corrected chi connectivity index (χ1v) is 8.96. The van der Waals surface area contributed by atoms with Crippen molar-refractivity contribution < 1.29 is 14.6 Å². The van der Waals surface area contributed by atoms with Gasteiger partial charge in [0.2, 0.25) is 0 Å². The predicted octanol–water partition coefficient (Wildman–Crippen LogP) is 2.85. The monoisotopic (exact) mass is 388 g/mol. The number of ether oxygens (including phenoxy) is 1. The average Bonchev–Trinajstić information content (AvgIpc) is 3.22. The van der Waals surface area contributed by atoms with Gasteiger partial charge in [-0.1, -0.05) is 24.3 Å². The van der Waals surface area contributed by atoms with E-state index >= 15 is 0 Å². The van der Waals surface area contributed by atoms with Gasteiger partial charge in [0.15, 0.2) is 11.5 Å². The first-order valence-electron chi connectivity index (χ1n) is 8.96. The molecule has 0 atom stereocenters. The highest BCUT2D eigenvalue weighted by molar-refractivity contribution is 6.01. The molecule has 1 amide bonds. The molecule has 3 rings (SSSR count). The van der Waals surface area contributed by atoms with Gasteiger partial charge in [-0.15, -0.1) is 0 Å². The summed E-state index contributed by atoms with van der Waals surface area (Å²) in [6.07, 6.45) is 5.70.